The van der Waals surface area contributed by atoms with E-state index in [2.05, 4.69) is 23.9 Å². The summed E-state index contributed by atoms with van der Waals surface area (Å²) in [5, 5.41) is 3.34. The van der Waals surface area contributed by atoms with E-state index in [1.165, 1.54) is 19.2 Å². The van der Waals surface area contributed by atoms with E-state index in [-0.39, 0.29) is 33.5 Å². The molecule has 0 radical (unpaired) electrons. The van der Waals surface area contributed by atoms with Crippen LogP contribution in [0.2, 0.25) is 0 Å². The summed E-state index contributed by atoms with van der Waals surface area (Å²) in [4.78, 5) is -0.240. The van der Waals surface area contributed by atoms with Gasteiger partial charge in [-0.2, -0.15) is 0 Å². The maximum absolute atomic E-state index is 12.7. The number of hydrogen-bond donors (Lipinski definition) is 2. The summed E-state index contributed by atoms with van der Waals surface area (Å²) in [5.41, 5.74) is -0.0283. The Labute approximate surface area is 150 Å². The molecule has 0 amide bonds. The van der Waals surface area contributed by atoms with Gasteiger partial charge in [0, 0.05) is 18.8 Å². The van der Waals surface area contributed by atoms with Crippen molar-refractivity contribution < 1.29 is 21.6 Å². The Morgan fingerprint density at radius 3 is 2.52 bits per heavy atom. The van der Waals surface area contributed by atoms with Gasteiger partial charge in [-0.15, -0.1) is 0 Å². The van der Waals surface area contributed by atoms with E-state index < -0.39 is 19.9 Å². The Morgan fingerprint density at radius 2 is 1.96 bits per heavy atom. The Balaban J connectivity index is 2.29. The molecule has 0 aliphatic carbocycles. The summed E-state index contributed by atoms with van der Waals surface area (Å²) in [6.45, 7) is 5.27. The molecular formula is C16H26N2O5S2. The number of sulfonamides is 1. The van der Waals surface area contributed by atoms with Gasteiger partial charge in [-0.05, 0) is 43.0 Å². The highest BCUT2D eigenvalue weighted by Gasteiger charge is 2.33. The van der Waals surface area contributed by atoms with E-state index in [4.69, 9.17) is 4.74 Å². The smallest absolute Gasteiger partial charge is 0.244 e. The van der Waals surface area contributed by atoms with Crippen molar-refractivity contribution in [1.82, 2.24) is 10.0 Å². The average Bonchev–Trinajstić information content (AvgIpc) is 2.52. The van der Waals surface area contributed by atoms with Gasteiger partial charge < -0.3 is 10.1 Å². The molecule has 0 spiro atoms. The van der Waals surface area contributed by atoms with Crippen LogP contribution in [0.15, 0.2) is 28.0 Å². The number of nitrogens with one attached hydrogen (secondary N) is 2. The van der Waals surface area contributed by atoms with Crippen LogP contribution in [-0.4, -0.2) is 49.3 Å². The first kappa shape index (κ1) is 20.2. The number of sulfone groups is 1. The molecule has 1 aliphatic rings. The minimum Gasteiger partial charge on any atom is -0.495 e. The summed E-state index contributed by atoms with van der Waals surface area (Å²) in [6.07, 6.45) is 3.10. The standard InChI is InChI=1S/C16H26N2O5S2/c1-16(2)8-5-9-17-15(16)11-18-25(21,22)14-10-12(24(4,19)20)6-7-13(14)23-3/h6-7,10,15,17-18H,5,8-9,11H2,1-4H3. The van der Waals surface area contributed by atoms with Gasteiger partial charge in [0.25, 0.3) is 0 Å². The highest BCUT2D eigenvalue weighted by molar-refractivity contribution is 7.91. The minimum absolute atomic E-state index is 0.000102. The molecule has 1 aromatic rings. The summed E-state index contributed by atoms with van der Waals surface area (Å²) in [5.74, 6) is 0.107. The zero-order valence-corrected chi connectivity index (χ0v) is 16.6. The van der Waals surface area contributed by atoms with Gasteiger partial charge in [0.2, 0.25) is 10.0 Å². The molecule has 0 bridgehead atoms. The van der Waals surface area contributed by atoms with Crippen LogP contribution in [0.3, 0.4) is 0 Å². The minimum atomic E-state index is -3.91. The first-order valence-corrected chi connectivity index (χ1v) is 11.5. The maximum atomic E-state index is 12.7. The van der Waals surface area contributed by atoms with Crippen LogP contribution in [0.25, 0.3) is 0 Å². The van der Waals surface area contributed by atoms with E-state index in [9.17, 15) is 16.8 Å². The SMILES string of the molecule is COc1ccc(S(C)(=O)=O)cc1S(=O)(=O)NCC1NCCCC1(C)C. The Hall–Kier alpha value is -1.16. The average molecular weight is 391 g/mol. The summed E-state index contributed by atoms with van der Waals surface area (Å²) >= 11 is 0. The van der Waals surface area contributed by atoms with Gasteiger partial charge in [0.15, 0.2) is 9.84 Å². The normalized spacial score (nSPS) is 21.0. The van der Waals surface area contributed by atoms with Crippen LogP contribution >= 0.6 is 0 Å². The van der Waals surface area contributed by atoms with E-state index in [1.807, 2.05) is 0 Å². The second kappa shape index (κ2) is 7.22. The lowest BCUT2D eigenvalue weighted by Crippen LogP contribution is -2.52. The fourth-order valence-corrected chi connectivity index (χ4v) is 4.95. The van der Waals surface area contributed by atoms with Crippen molar-refractivity contribution in [2.24, 2.45) is 5.41 Å². The number of ether oxygens (including phenoxy) is 1. The number of piperidine rings is 1. The molecule has 2 rings (SSSR count). The molecule has 1 fully saturated rings. The van der Waals surface area contributed by atoms with Gasteiger partial charge in [-0.25, -0.2) is 21.6 Å². The molecule has 25 heavy (non-hydrogen) atoms. The molecule has 1 aliphatic heterocycles. The topological polar surface area (TPSA) is 102 Å². The lowest BCUT2D eigenvalue weighted by Gasteiger charge is -2.39. The van der Waals surface area contributed by atoms with Crippen LogP contribution < -0.4 is 14.8 Å². The summed E-state index contributed by atoms with van der Waals surface area (Å²) < 4.78 is 56.6. The third kappa shape index (κ3) is 4.72. The monoisotopic (exact) mass is 390 g/mol. The van der Waals surface area contributed by atoms with Crippen molar-refractivity contribution in [3.05, 3.63) is 18.2 Å². The highest BCUT2D eigenvalue weighted by atomic mass is 32.2. The van der Waals surface area contributed by atoms with Crippen molar-refractivity contribution in [3.63, 3.8) is 0 Å². The van der Waals surface area contributed by atoms with Crippen LogP contribution in [0.4, 0.5) is 0 Å². The molecule has 2 N–H and O–H groups in total. The predicted molar refractivity (Wildman–Crippen MR) is 96.1 cm³/mol. The van der Waals surface area contributed by atoms with Crippen LogP contribution in [-0.2, 0) is 19.9 Å². The highest BCUT2D eigenvalue weighted by Crippen LogP contribution is 2.31. The number of benzene rings is 1. The number of methoxy groups -OCH3 is 1. The molecule has 1 heterocycles. The van der Waals surface area contributed by atoms with Crippen molar-refractivity contribution in [2.45, 2.75) is 42.5 Å². The largest absolute Gasteiger partial charge is 0.495 e. The van der Waals surface area contributed by atoms with Crippen molar-refractivity contribution in [1.29, 1.82) is 0 Å². The van der Waals surface area contributed by atoms with Gasteiger partial charge in [-0.1, -0.05) is 13.8 Å². The summed E-state index contributed by atoms with van der Waals surface area (Å²) in [7, 11) is -6.09. The van der Waals surface area contributed by atoms with Crippen LogP contribution in [0.5, 0.6) is 5.75 Å². The molecule has 142 valence electrons. The number of rotatable bonds is 6. The fourth-order valence-electron chi connectivity index (χ4n) is 2.99. The molecule has 1 unspecified atom stereocenters. The molecule has 1 aromatic carbocycles. The summed E-state index contributed by atoms with van der Waals surface area (Å²) in [6, 6.07) is 3.82. The molecule has 0 saturated carbocycles. The van der Waals surface area contributed by atoms with Gasteiger partial charge in [-0.3, -0.25) is 0 Å². The molecule has 1 saturated heterocycles. The second-order valence-electron chi connectivity index (χ2n) is 7.04. The van der Waals surface area contributed by atoms with E-state index in [0.29, 0.717) is 0 Å². The zero-order valence-electron chi connectivity index (χ0n) is 15.0. The lowest BCUT2D eigenvalue weighted by molar-refractivity contribution is 0.181. The first-order chi connectivity index (χ1) is 11.5. The third-order valence-corrected chi connectivity index (χ3v) is 7.22. The Morgan fingerprint density at radius 1 is 1.28 bits per heavy atom. The Bertz CT molecular complexity index is 832. The van der Waals surface area contributed by atoms with Crippen molar-refractivity contribution in [3.8, 4) is 5.75 Å². The van der Waals surface area contributed by atoms with Crippen LogP contribution in [0.1, 0.15) is 26.7 Å². The molecule has 7 nitrogen and oxygen atoms in total. The second-order valence-corrected chi connectivity index (χ2v) is 10.8. The van der Waals surface area contributed by atoms with Crippen LogP contribution in [0, 0.1) is 5.41 Å². The van der Waals surface area contributed by atoms with Crippen molar-refractivity contribution >= 4 is 19.9 Å². The Kier molecular flexibility index (Phi) is 5.82. The van der Waals surface area contributed by atoms with E-state index in [0.717, 1.165) is 31.7 Å². The molecule has 0 aromatic heterocycles. The van der Waals surface area contributed by atoms with E-state index >= 15 is 0 Å². The van der Waals surface area contributed by atoms with Crippen molar-refractivity contribution in [2.75, 3.05) is 26.5 Å². The molecule has 9 heteroatoms. The van der Waals surface area contributed by atoms with Gasteiger partial charge in [0.05, 0.1) is 12.0 Å². The van der Waals surface area contributed by atoms with Gasteiger partial charge >= 0.3 is 0 Å². The lowest BCUT2D eigenvalue weighted by atomic mass is 9.78. The number of hydrogen-bond acceptors (Lipinski definition) is 6. The third-order valence-electron chi connectivity index (χ3n) is 4.66. The van der Waals surface area contributed by atoms with Gasteiger partial charge in [0.1, 0.15) is 10.6 Å². The predicted octanol–water partition coefficient (Wildman–Crippen LogP) is 1.16. The quantitative estimate of drug-likeness (QED) is 0.756. The fraction of sp³-hybridized carbons (Fsp3) is 0.625. The first-order valence-electron chi connectivity index (χ1n) is 8.08. The zero-order chi connectivity index (χ0) is 18.9. The maximum Gasteiger partial charge on any atom is 0.244 e. The molecule has 1 atom stereocenters. The van der Waals surface area contributed by atoms with E-state index in [1.54, 1.807) is 0 Å². The molecular weight excluding hydrogens is 364 g/mol.